The third-order valence-electron chi connectivity index (χ3n) is 2.06. The van der Waals surface area contributed by atoms with Crippen LogP contribution < -0.4 is 4.74 Å². The number of carbonyl (C=O) groups excluding carboxylic acids is 1. The molecular formula is C13H16ClNO2. The SMILES string of the molecule is C[C@H](Oc1ccc(Cl)cc1)C(=O)/C=C/N(C)C. The van der Waals surface area contributed by atoms with E-state index in [0.717, 1.165) is 0 Å². The van der Waals surface area contributed by atoms with Gasteiger partial charge in [-0.25, -0.2) is 0 Å². The van der Waals surface area contributed by atoms with Crippen LogP contribution in [-0.2, 0) is 4.79 Å². The highest BCUT2D eigenvalue weighted by atomic mass is 35.5. The molecule has 1 aromatic carbocycles. The fraction of sp³-hybridized carbons (Fsp3) is 0.308. The van der Waals surface area contributed by atoms with Crippen LogP contribution in [0.5, 0.6) is 5.75 Å². The van der Waals surface area contributed by atoms with Crippen LogP contribution in [0.3, 0.4) is 0 Å². The number of ketones is 1. The van der Waals surface area contributed by atoms with Gasteiger partial charge in [-0.1, -0.05) is 11.6 Å². The Hall–Kier alpha value is -1.48. The van der Waals surface area contributed by atoms with E-state index >= 15 is 0 Å². The van der Waals surface area contributed by atoms with Gasteiger partial charge >= 0.3 is 0 Å². The zero-order chi connectivity index (χ0) is 12.8. The smallest absolute Gasteiger partial charge is 0.197 e. The maximum Gasteiger partial charge on any atom is 0.197 e. The van der Waals surface area contributed by atoms with Crippen LogP contribution in [0.4, 0.5) is 0 Å². The standard InChI is InChI=1S/C13H16ClNO2/c1-10(13(16)8-9-15(2)3)17-12-6-4-11(14)5-7-12/h4-10H,1-3H3/b9-8+/t10-/m0/s1. The second-order valence-electron chi connectivity index (χ2n) is 3.90. The molecule has 0 heterocycles. The maximum atomic E-state index is 11.7. The first kappa shape index (κ1) is 13.6. The van der Waals surface area contributed by atoms with Gasteiger partial charge in [-0.15, -0.1) is 0 Å². The fourth-order valence-corrected chi connectivity index (χ4v) is 1.26. The van der Waals surface area contributed by atoms with Gasteiger partial charge in [0.25, 0.3) is 0 Å². The number of carbonyl (C=O) groups is 1. The molecule has 0 saturated heterocycles. The van der Waals surface area contributed by atoms with E-state index < -0.39 is 6.10 Å². The second kappa shape index (κ2) is 6.30. The van der Waals surface area contributed by atoms with Crippen molar-refractivity contribution in [2.24, 2.45) is 0 Å². The minimum Gasteiger partial charge on any atom is -0.483 e. The third-order valence-corrected chi connectivity index (χ3v) is 2.32. The van der Waals surface area contributed by atoms with E-state index in [1.54, 1.807) is 42.3 Å². The molecule has 0 aliphatic heterocycles. The highest BCUT2D eigenvalue weighted by molar-refractivity contribution is 6.30. The summed E-state index contributed by atoms with van der Waals surface area (Å²) in [4.78, 5) is 13.5. The van der Waals surface area contributed by atoms with Crippen LogP contribution in [0.15, 0.2) is 36.5 Å². The van der Waals surface area contributed by atoms with Crippen molar-refractivity contribution in [3.05, 3.63) is 41.6 Å². The Kier molecular flexibility index (Phi) is 5.04. The molecule has 0 bridgehead atoms. The molecule has 0 fully saturated rings. The van der Waals surface area contributed by atoms with Crippen molar-refractivity contribution in [1.82, 2.24) is 4.90 Å². The Morgan fingerprint density at radius 2 is 1.94 bits per heavy atom. The van der Waals surface area contributed by atoms with Gasteiger partial charge in [0.05, 0.1) is 0 Å². The molecule has 1 rings (SSSR count). The molecule has 0 aliphatic carbocycles. The Bertz CT molecular complexity index is 398. The number of benzene rings is 1. The Balaban J connectivity index is 2.57. The molecular weight excluding hydrogens is 238 g/mol. The van der Waals surface area contributed by atoms with Crippen molar-refractivity contribution in [1.29, 1.82) is 0 Å². The monoisotopic (exact) mass is 253 g/mol. The van der Waals surface area contributed by atoms with Crippen LogP contribution in [0.25, 0.3) is 0 Å². The molecule has 0 unspecified atom stereocenters. The van der Waals surface area contributed by atoms with Crippen molar-refractivity contribution in [2.45, 2.75) is 13.0 Å². The highest BCUT2D eigenvalue weighted by Crippen LogP contribution is 2.17. The van der Waals surface area contributed by atoms with Crippen molar-refractivity contribution in [3.8, 4) is 5.75 Å². The summed E-state index contributed by atoms with van der Waals surface area (Å²) < 4.78 is 5.49. The van der Waals surface area contributed by atoms with E-state index in [9.17, 15) is 4.79 Å². The fourth-order valence-electron chi connectivity index (χ4n) is 1.13. The van der Waals surface area contributed by atoms with Gasteiger partial charge in [0, 0.05) is 31.4 Å². The van der Waals surface area contributed by atoms with E-state index in [2.05, 4.69) is 0 Å². The molecule has 1 atom stereocenters. The van der Waals surface area contributed by atoms with Crippen LogP contribution in [-0.4, -0.2) is 30.9 Å². The van der Waals surface area contributed by atoms with Gasteiger partial charge in [-0.3, -0.25) is 4.79 Å². The topological polar surface area (TPSA) is 29.5 Å². The second-order valence-corrected chi connectivity index (χ2v) is 4.33. The largest absolute Gasteiger partial charge is 0.483 e. The van der Waals surface area contributed by atoms with E-state index in [0.29, 0.717) is 10.8 Å². The average Bonchev–Trinajstić information content (AvgIpc) is 2.28. The molecule has 17 heavy (non-hydrogen) atoms. The Morgan fingerprint density at radius 1 is 1.35 bits per heavy atom. The minimum absolute atomic E-state index is 0.0753. The predicted octanol–water partition coefficient (Wildman–Crippen LogP) is 2.75. The lowest BCUT2D eigenvalue weighted by atomic mass is 10.2. The molecule has 92 valence electrons. The quantitative estimate of drug-likeness (QED) is 0.756. The van der Waals surface area contributed by atoms with Crippen molar-refractivity contribution >= 4 is 17.4 Å². The van der Waals surface area contributed by atoms with Crippen LogP contribution >= 0.6 is 11.6 Å². The lowest BCUT2D eigenvalue weighted by Gasteiger charge is -2.12. The van der Waals surface area contributed by atoms with Gasteiger partial charge in [0.15, 0.2) is 11.9 Å². The first-order chi connectivity index (χ1) is 7.99. The summed E-state index contributed by atoms with van der Waals surface area (Å²) in [7, 11) is 3.71. The lowest BCUT2D eigenvalue weighted by molar-refractivity contribution is -0.120. The molecule has 0 aliphatic rings. The Morgan fingerprint density at radius 3 is 2.47 bits per heavy atom. The van der Waals surface area contributed by atoms with Gasteiger partial charge < -0.3 is 9.64 Å². The number of ether oxygens (including phenoxy) is 1. The normalized spacial score (nSPS) is 12.5. The lowest BCUT2D eigenvalue weighted by Crippen LogP contribution is -2.22. The Labute approximate surface area is 107 Å². The summed E-state index contributed by atoms with van der Waals surface area (Å²) in [5.41, 5.74) is 0. The first-order valence-corrected chi connectivity index (χ1v) is 5.67. The molecule has 0 saturated carbocycles. The van der Waals surface area contributed by atoms with E-state index in [1.807, 2.05) is 14.1 Å². The van der Waals surface area contributed by atoms with E-state index in [4.69, 9.17) is 16.3 Å². The third kappa shape index (κ3) is 4.91. The van der Waals surface area contributed by atoms with Crippen molar-refractivity contribution in [3.63, 3.8) is 0 Å². The summed E-state index contributed by atoms with van der Waals surface area (Å²) in [5.74, 6) is 0.558. The summed E-state index contributed by atoms with van der Waals surface area (Å²) in [6.45, 7) is 1.72. The average molecular weight is 254 g/mol. The summed E-state index contributed by atoms with van der Waals surface area (Å²) >= 11 is 5.76. The van der Waals surface area contributed by atoms with Crippen LogP contribution in [0.1, 0.15) is 6.92 Å². The zero-order valence-electron chi connectivity index (χ0n) is 10.2. The molecule has 3 nitrogen and oxygen atoms in total. The number of rotatable bonds is 5. The van der Waals surface area contributed by atoms with Crippen molar-refractivity contribution < 1.29 is 9.53 Å². The maximum absolute atomic E-state index is 11.7. The van der Waals surface area contributed by atoms with Gasteiger partial charge in [0.1, 0.15) is 5.75 Å². The molecule has 1 aromatic rings. The molecule has 0 N–H and O–H groups in total. The first-order valence-electron chi connectivity index (χ1n) is 5.29. The van der Waals surface area contributed by atoms with Gasteiger partial charge in [-0.2, -0.15) is 0 Å². The van der Waals surface area contributed by atoms with Gasteiger partial charge in [-0.05, 0) is 31.2 Å². The van der Waals surface area contributed by atoms with E-state index in [-0.39, 0.29) is 5.78 Å². The molecule has 0 spiro atoms. The summed E-state index contributed by atoms with van der Waals surface area (Å²) in [5, 5.41) is 0.642. The van der Waals surface area contributed by atoms with Crippen molar-refractivity contribution in [2.75, 3.05) is 14.1 Å². The van der Waals surface area contributed by atoms with Crippen LogP contribution in [0, 0.1) is 0 Å². The number of halogens is 1. The number of nitrogens with zero attached hydrogens (tertiary/aromatic N) is 1. The number of hydrogen-bond acceptors (Lipinski definition) is 3. The molecule has 0 amide bonds. The zero-order valence-corrected chi connectivity index (χ0v) is 10.9. The molecule has 0 aromatic heterocycles. The molecule has 4 heteroatoms. The number of hydrogen-bond donors (Lipinski definition) is 0. The van der Waals surface area contributed by atoms with E-state index in [1.165, 1.54) is 6.08 Å². The highest BCUT2D eigenvalue weighted by Gasteiger charge is 2.11. The summed E-state index contributed by atoms with van der Waals surface area (Å²) in [6, 6.07) is 6.93. The van der Waals surface area contributed by atoms with Gasteiger partial charge in [0.2, 0.25) is 0 Å². The molecule has 0 radical (unpaired) electrons. The summed E-state index contributed by atoms with van der Waals surface area (Å²) in [6.07, 6.45) is 2.69. The van der Waals surface area contributed by atoms with Crippen LogP contribution in [0.2, 0.25) is 5.02 Å². The minimum atomic E-state index is -0.507. The predicted molar refractivity (Wildman–Crippen MR) is 69.4 cm³/mol.